The third kappa shape index (κ3) is 6.74. The third-order valence-electron chi connectivity index (χ3n) is 14.0. The lowest BCUT2D eigenvalue weighted by molar-refractivity contribution is -0.181. The van der Waals surface area contributed by atoms with Crippen LogP contribution in [0.3, 0.4) is 0 Å². The quantitative estimate of drug-likeness (QED) is 0.129. The number of likely N-dealkylation sites (N-methyl/N-ethyl adjacent to an activating group) is 2. The number of aliphatic hydroxyl groups excluding tert-OH is 6. The van der Waals surface area contributed by atoms with Gasteiger partial charge in [0.25, 0.3) is 11.8 Å². The summed E-state index contributed by atoms with van der Waals surface area (Å²) in [7, 11) is 5.72. The summed E-state index contributed by atoms with van der Waals surface area (Å²) in [6.45, 7) is 2.93. The van der Waals surface area contributed by atoms with E-state index in [1.165, 1.54) is 69.2 Å². The van der Waals surface area contributed by atoms with Crippen LogP contribution in [0.15, 0.2) is 70.2 Å². The van der Waals surface area contributed by atoms with Crippen molar-refractivity contribution in [3.8, 4) is 11.5 Å². The minimum Gasteiger partial charge on any atom is -0.508 e. The van der Waals surface area contributed by atoms with Crippen LogP contribution in [0, 0.1) is 23.7 Å². The van der Waals surface area contributed by atoms with Crippen molar-refractivity contribution in [1.82, 2.24) is 9.80 Å². The largest absolute Gasteiger partial charge is 0.508 e. The van der Waals surface area contributed by atoms with Gasteiger partial charge < -0.3 is 84.1 Å². The van der Waals surface area contributed by atoms with E-state index < -0.39 is 157 Å². The maximum Gasteiger partial charge on any atom is 0.255 e. The average molecular weight is 959 g/mol. The summed E-state index contributed by atoms with van der Waals surface area (Å²) in [5, 5.41) is 121. The van der Waals surface area contributed by atoms with Gasteiger partial charge >= 0.3 is 0 Å². The van der Waals surface area contributed by atoms with Gasteiger partial charge in [0.2, 0.25) is 11.6 Å². The number of nitrogens with two attached hydrogens (primary N) is 2. The van der Waals surface area contributed by atoms with E-state index in [9.17, 15) is 84.9 Å². The van der Waals surface area contributed by atoms with Crippen molar-refractivity contribution in [1.29, 1.82) is 0 Å². The van der Waals surface area contributed by atoms with Gasteiger partial charge in [-0.15, -0.1) is 0 Å². The molecular weight excluding hydrogens is 904 g/mol. The van der Waals surface area contributed by atoms with E-state index in [1.54, 1.807) is 19.1 Å². The number of carbonyl (C=O) groups excluding carboxylic acids is 6. The molecule has 6 aliphatic carbocycles. The Labute approximate surface area is 385 Å². The molecule has 8 rings (SSSR count). The van der Waals surface area contributed by atoms with Gasteiger partial charge in [-0.25, -0.2) is 0 Å². The maximum absolute atomic E-state index is 13.7. The van der Waals surface area contributed by atoms with Gasteiger partial charge in [-0.1, -0.05) is 31.2 Å². The topological polar surface area (TPSA) is 478 Å². The zero-order valence-corrected chi connectivity index (χ0v) is 37.1. The molecule has 0 bridgehead atoms. The Kier molecular flexibility index (Phi) is 13.9. The number of amides is 2. The summed E-state index contributed by atoms with van der Waals surface area (Å²) in [4.78, 5) is 79.9. The second-order valence-corrected chi connectivity index (χ2v) is 17.9. The van der Waals surface area contributed by atoms with Gasteiger partial charge in [0.05, 0.1) is 64.3 Å². The lowest BCUT2D eigenvalue weighted by Gasteiger charge is -2.55. The van der Waals surface area contributed by atoms with E-state index in [0.29, 0.717) is 5.56 Å². The first kappa shape index (κ1) is 54.0. The zero-order valence-electron chi connectivity index (χ0n) is 37.1. The molecule has 0 unspecified atom stereocenters. The van der Waals surface area contributed by atoms with Crippen LogP contribution < -0.4 is 11.5 Å². The van der Waals surface area contributed by atoms with E-state index in [2.05, 4.69) is 0 Å². The predicted molar refractivity (Wildman–Crippen MR) is 233 cm³/mol. The summed E-state index contributed by atoms with van der Waals surface area (Å²) in [6.07, 6.45) is -3.46. The Morgan fingerprint density at radius 3 is 1.46 bits per heavy atom. The molecule has 0 radical (unpaired) electrons. The number of aliphatic hydroxyl groups is 9. The van der Waals surface area contributed by atoms with Crippen molar-refractivity contribution in [3.05, 3.63) is 92.5 Å². The molecule has 68 heavy (non-hydrogen) atoms. The van der Waals surface area contributed by atoms with Crippen LogP contribution >= 0.6 is 0 Å². The van der Waals surface area contributed by atoms with Gasteiger partial charge in [-0.2, -0.15) is 0 Å². The lowest BCUT2D eigenvalue weighted by Crippen LogP contribution is -2.71. The van der Waals surface area contributed by atoms with E-state index >= 15 is 0 Å². The highest BCUT2D eigenvalue weighted by Crippen LogP contribution is 2.58. The Balaban J connectivity index is 0.000000284. The molecule has 24 nitrogen and oxygen atoms in total. The van der Waals surface area contributed by atoms with Gasteiger partial charge in [-0.05, 0) is 64.3 Å². The number of ketones is 4. The smallest absolute Gasteiger partial charge is 0.255 e. The number of Topliss-reactive ketones (excluding diaryl/α,β-unsaturated/α-hetero) is 4. The van der Waals surface area contributed by atoms with Crippen LogP contribution in [0.25, 0.3) is 11.5 Å². The Morgan fingerprint density at radius 1 is 0.618 bits per heavy atom. The SMILES string of the molecule is CN(C)[C@@H]1C(=O)C(C(N)=O)=C(O)[C@@]2(O)C(=O)C3=C(O)c4c(O)cccc4[C@@](C)(O)[C@H]3[C@H](O)[C@@H]12.C[C@H]1c2cccc(O)c2C(O)=C2C(=O)[C@]3(O)C(O)=C(C(N)=O)C(=O)[C@@H](N(C)C)[C@@H]3[C@@H](O)[C@@H]21.O.O.O. The molecule has 0 spiro atoms. The summed E-state index contributed by atoms with van der Waals surface area (Å²) in [5.41, 5.74) is -0.306. The van der Waals surface area contributed by atoms with Crippen LogP contribution in [0.4, 0.5) is 0 Å². The third-order valence-corrected chi connectivity index (χ3v) is 14.0. The second-order valence-electron chi connectivity index (χ2n) is 17.9. The molecule has 2 amide bonds. The molecule has 0 aromatic heterocycles. The van der Waals surface area contributed by atoms with Gasteiger partial charge in [-0.3, -0.25) is 38.6 Å². The van der Waals surface area contributed by atoms with Crippen molar-refractivity contribution in [3.63, 3.8) is 0 Å². The second kappa shape index (κ2) is 17.5. The molecular formula is C44H54N4O20. The van der Waals surface area contributed by atoms with Gasteiger partial charge in [0.1, 0.15) is 45.7 Å². The fourth-order valence-corrected chi connectivity index (χ4v) is 11.2. The van der Waals surface area contributed by atoms with E-state index in [1.807, 2.05) is 0 Å². The number of fused-ring (bicyclic) bond motifs is 6. The van der Waals surface area contributed by atoms with Crippen LogP contribution in [0.2, 0.25) is 0 Å². The predicted octanol–water partition coefficient (Wildman–Crippen LogP) is -4.38. The number of primary amides is 2. The van der Waals surface area contributed by atoms with Crippen LogP contribution in [0.5, 0.6) is 11.5 Å². The first-order valence-electron chi connectivity index (χ1n) is 20.1. The molecule has 6 aliphatic rings. The fourth-order valence-electron chi connectivity index (χ4n) is 11.2. The van der Waals surface area contributed by atoms with E-state index in [0.717, 1.165) is 0 Å². The number of phenolic OH excluding ortho intramolecular Hbond substituents is 2. The Bertz CT molecular complexity index is 2690. The number of aromatic hydroxyl groups is 2. The molecule has 0 aliphatic heterocycles. The monoisotopic (exact) mass is 958 g/mol. The summed E-state index contributed by atoms with van der Waals surface area (Å²) in [6, 6.07) is 5.63. The van der Waals surface area contributed by atoms with Crippen molar-refractivity contribution in [2.45, 2.75) is 60.9 Å². The van der Waals surface area contributed by atoms with E-state index in [-0.39, 0.29) is 38.9 Å². The van der Waals surface area contributed by atoms with Crippen molar-refractivity contribution >= 4 is 46.5 Å². The summed E-state index contributed by atoms with van der Waals surface area (Å²) >= 11 is 0. The molecule has 2 aromatic rings. The number of rotatable bonds is 4. The highest BCUT2D eigenvalue weighted by Gasteiger charge is 2.71. The van der Waals surface area contributed by atoms with Crippen molar-refractivity contribution < 1.29 is 101 Å². The summed E-state index contributed by atoms with van der Waals surface area (Å²) in [5.74, 6) is -18.5. The molecule has 370 valence electrons. The number of hydrogen-bond acceptors (Lipinski definition) is 19. The minimum absolute atomic E-state index is 0. The first-order chi connectivity index (χ1) is 30.1. The summed E-state index contributed by atoms with van der Waals surface area (Å²) < 4.78 is 0. The highest BCUT2D eigenvalue weighted by molar-refractivity contribution is 6.26. The molecule has 2 fully saturated rings. The molecule has 24 heteroatoms. The van der Waals surface area contributed by atoms with Gasteiger partial charge in [0, 0.05) is 11.5 Å². The van der Waals surface area contributed by atoms with E-state index in [4.69, 9.17) is 11.5 Å². The van der Waals surface area contributed by atoms with Crippen molar-refractivity contribution in [2.24, 2.45) is 35.1 Å². The normalized spacial score (nSPS) is 33.6. The number of nitrogens with zero attached hydrogens (tertiary/aromatic N) is 2. The number of carbonyl (C=O) groups is 6. The standard InChI is InChI=1S/C22H24N2O9.C22H24N2O8.3H2O/c1-21(32)7-5-4-6-8(25)9(7)15(26)10-12(21)17(28)13-14(24(2)3)16(27)11(20(23)31)19(30)22(13,33)18(10)29;1-7-8-5-4-6-9(25)11(8)16(26)12-10(7)17(27)14-15(24(2)3)18(28)13(21(23)31)20(30)22(14,32)19(12)29;;;/h4-6,12-14,17,25-26,28,30,32-33H,1-3H3,(H2,23,31);4-7,10,14-15,17,25-27,30,32H,1-3H3,(H2,23,31);3*1H2/t12-,13-,14+,17+,21-,22+;7-,10+,14+,15-,17-,22-;;;/m10.../s1. The molecule has 0 heterocycles. The van der Waals surface area contributed by atoms with Gasteiger partial charge in [0.15, 0.2) is 22.8 Å². The molecule has 0 saturated heterocycles. The number of hydrogen-bond donors (Lipinski definition) is 13. The Morgan fingerprint density at radius 2 is 1.01 bits per heavy atom. The minimum atomic E-state index is -3.02. The fraction of sp³-hybridized carbons (Fsp3) is 0.409. The van der Waals surface area contributed by atoms with Crippen LogP contribution in [0.1, 0.15) is 42.0 Å². The molecule has 2 saturated carbocycles. The average Bonchev–Trinajstić information content (AvgIpc) is 3.20. The highest BCUT2D eigenvalue weighted by atomic mass is 16.4. The van der Waals surface area contributed by atoms with Crippen LogP contribution in [-0.2, 0) is 34.4 Å². The first-order valence-corrected chi connectivity index (χ1v) is 20.1. The lowest BCUT2D eigenvalue weighted by atomic mass is 9.53. The molecule has 2 aromatic carbocycles. The number of benzene rings is 2. The Hall–Kier alpha value is -6.58. The van der Waals surface area contributed by atoms with Crippen molar-refractivity contribution in [2.75, 3.05) is 28.2 Å². The van der Waals surface area contributed by atoms with Crippen LogP contribution in [-0.4, -0.2) is 181 Å². The molecule has 12 atom stereocenters. The molecule has 21 N–H and O–H groups in total. The number of phenols is 2. The zero-order chi connectivity index (χ0) is 48.6. The maximum atomic E-state index is 13.7.